The predicted octanol–water partition coefficient (Wildman–Crippen LogP) is 4.85. The number of aromatic nitrogens is 2. The first-order chi connectivity index (χ1) is 14.8. The Kier molecular flexibility index (Phi) is 5.20. The molecule has 3 aromatic carbocycles. The molecule has 0 aliphatic carbocycles. The number of imidazole rings is 1. The lowest BCUT2D eigenvalue weighted by atomic mass is 9.96. The molecule has 1 fully saturated rings. The molecule has 1 aliphatic heterocycles. The van der Waals surface area contributed by atoms with E-state index in [1.807, 2.05) is 12.1 Å². The SMILES string of the molecule is O=Cc1ccc2nc(NCC3CCN(Cc4cccc5ccccc45)CC3)[nH]c2c1. The molecule has 2 heterocycles. The summed E-state index contributed by atoms with van der Waals surface area (Å²) < 4.78 is 0. The summed E-state index contributed by atoms with van der Waals surface area (Å²) in [4.78, 5) is 21.4. The summed E-state index contributed by atoms with van der Waals surface area (Å²) in [5.41, 5.74) is 3.86. The number of nitrogens with zero attached hydrogens (tertiary/aromatic N) is 2. The van der Waals surface area contributed by atoms with Gasteiger partial charge in [0, 0.05) is 18.7 Å². The Hall–Kier alpha value is -3.18. The smallest absolute Gasteiger partial charge is 0.201 e. The minimum Gasteiger partial charge on any atom is -0.356 e. The lowest BCUT2D eigenvalue weighted by Crippen LogP contribution is -2.35. The Morgan fingerprint density at radius 1 is 1.07 bits per heavy atom. The number of benzene rings is 3. The Morgan fingerprint density at radius 2 is 1.90 bits per heavy atom. The molecule has 0 amide bonds. The van der Waals surface area contributed by atoms with Gasteiger partial charge in [0.1, 0.15) is 6.29 Å². The second kappa shape index (κ2) is 8.28. The van der Waals surface area contributed by atoms with Crippen LogP contribution in [0.3, 0.4) is 0 Å². The third-order valence-corrected chi connectivity index (χ3v) is 6.18. The Balaban J connectivity index is 1.16. The molecule has 30 heavy (non-hydrogen) atoms. The zero-order valence-corrected chi connectivity index (χ0v) is 17.0. The molecule has 5 rings (SSSR count). The molecule has 5 nitrogen and oxygen atoms in total. The van der Waals surface area contributed by atoms with E-state index in [0.717, 1.165) is 49.4 Å². The van der Waals surface area contributed by atoms with Crippen LogP contribution in [0.15, 0.2) is 60.7 Å². The molecule has 0 spiro atoms. The van der Waals surface area contributed by atoms with Gasteiger partial charge < -0.3 is 10.3 Å². The fourth-order valence-corrected chi connectivity index (χ4v) is 4.45. The first-order valence-corrected chi connectivity index (χ1v) is 10.7. The van der Waals surface area contributed by atoms with Crippen LogP contribution < -0.4 is 5.32 Å². The zero-order valence-electron chi connectivity index (χ0n) is 17.0. The van der Waals surface area contributed by atoms with Crippen LogP contribution >= 0.6 is 0 Å². The quantitative estimate of drug-likeness (QED) is 0.456. The maximum absolute atomic E-state index is 10.9. The van der Waals surface area contributed by atoms with E-state index in [1.165, 1.54) is 29.2 Å². The molecule has 0 bridgehead atoms. The van der Waals surface area contributed by atoms with Crippen molar-refractivity contribution in [2.45, 2.75) is 19.4 Å². The van der Waals surface area contributed by atoms with Crippen LogP contribution in [-0.2, 0) is 6.54 Å². The number of anilines is 1. The van der Waals surface area contributed by atoms with Gasteiger partial charge in [-0.05, 0) is 66.4 Å². The van der Waals surface area contributed by atoms with Crippen molar-refractivity contribution >= 4 is 34.0 Å². The topological polar surface area (TPSA) is 61.0 Å². The summed E-state index contributed by atoms with van der Waals surface area (Å²) in [7, 11) is 0. The van der Waals surface area contributed by atoms with Gasteiger partial charge in [-0.25, -0.2) is 4.98 Å². The summed E-state index contributed by atoms with van der Waals surface area (Å²) in [6.45, 7) is 4.18. The van der Waals surface area contributed by atoms with E-state index in [9.17, 15) is 4.79 Å². The average Bonchev–Trinajstić information content (AvgIpc) is 3.21. The molecule has 2 N–H and O–H groups in total. The first kappa shape index (κ1) is 18.8. The summed E-state index contributed by atoms with van der Waals surface area (Å²) in [6.07, 6.45) is 3.24. The van der Waals surface area contributed by atoms with E-state index in [4.69, 9.17) is 0 Å². The van der Waals surface area contributed by atoms with Gasteiger partial charge in [0.25, 0.3) is 0 Å². The second-order valence-corrected chi connectivity index (χ2v) is 8.22. The Bertz CT molecular complexity index is 1170. The largest absolute Gasteiger partial charge is 0.356 e. The van der Waals surface area contributed by atoms with Gasteiger partial charge in [-0.1, -0.05) is 42.5 Å². The number of fused-ring (bicyclic) bond motifs is 2. The van der Waals surface area contributed by atoms with Crippen molar-refractivity contribution in [3.63, 3.8) is 0 Å². The normalized spacial score (nSPS) is 15.6. The maximum Gasteiger partial charge on any atom is 0.201 e. The molecular formula is C25H26N4O. The Labute approximate surface area is 176 Å². The molecule has 1 aliphatic rings. The highest BCUT2D eigenvalue weighted by Gasteiger charge is 2.20. The van der Waals surface area contributed by atoms with Gasteiger partial charge in [0.2, 0.25) is 5.95 Å². The second-order valence-electron chi connectivity index (χ2n) is 8.22. The lowest BCUT2D eigenvalue weighted by molar-refractivity contribution is 0.112. The van der Waals surface area contributed by atoms with Crippen LogP contribution in [0.1, 0.15) is 28.8 Å². The van der Waals surface area contributed by atoms with Crippen LogP contribution in [0.4, 0.5) is 5.95 Å². The first-order valence-electron chi connectivity index (χ1n) is 10.7. The molecule has 1 saturated heterocycles. The summed E-state index contributed by atoms with van der Waals surface area (Å²) in [5.74, 6) is 1.43. The number of H-pyrrole nitrogens is 1. The Morgan fingerprint density at radius 3 is 2.77 bits per heavy atom. The van der Waals surface area contributed by atoms with Crippen LogP contribution in [0.25, 0.3) is 21.8 Å². The number of piperidine rings is 1. The van der Waals surface area contributed by atoms with E-state index >= 15 is 0 Å². The van der Waals surface area contributed by atoms with E-state index < -0.39 is 0 Å². The lowest BCUT2D eigenvalue weighted by Gasteiger charge is -2.32. The van der Waals surface area contributed by atoms with Gasteiger partial charge in [0.15, 0.2) is 0 Å². The molecule has 0 saturated carbocycles. The van der Waals surface area contributed by atoms with Crippen molar-refractivity contribution in [3.8, 4) is 0 Å². The highest BCUT2D eigenvalue weighted by molar-refractivity contribution is 5.86. The van der Waals surface area contributed by atoms with Crippen molar-refractivity contribution in [2.75, 3.05) is 25.0 Å². The molecule has 4 aromatic rings. The fraction of sp³-hybridized carbons (Fsp3) is 0.280. The number of carbonyl (C=O) groups is 1. The predicted molar refractivity (Wildman–Crippen MR) is 122 cm³/mol. The van der Waals surface area contributed by atoms with Gasteiger partial charge >= 0.3 is 0 Å². The number of hydrogen-bond acceptors (Lipinski definition) is 4. The highest BCUT2D eigenvalue weighted by Crippen LogP contribution is 2.24. The van der Waals surface area contributed by atoms with E-state index in [2.05, 4.69) is 62.6 Å². The van der Waals surface area contributed by atoms with E-state index in [0.29, 0.717) is 11.5 Å². The van der Waals surface area contributed by atoms with Crippen molar-refractivity contribution in [2.24, 2.45) is 5.92 Å². The number of aromatic amines is 1. The van der Waals surface area contributed by atoms with Crippen molar-refractivity contribution in [1.82, 2.24) is 14.9 Å². The molecule has 5 heteroatoms. The summed E-state index contributed by atoms with van der Waals surface area (Å²) >= 11 is 0. The minimum absolute atomic E-state index is 0.646. The number of rotatable bonds is 6. The van der Waals surface area contributed by atoms with Crippen molar-refractivity contribution in [3.05, 3.63) is 71.8 Å². The van der Waals surface area contributed by atoms with Crippen LogP contribution in [0, 0.1) is 5.92 Å². The maximum atomic E-state index is 10.9. The number of carbonyl (C=O) groups excluding carboxylic acids is 1. The average molecular weight is 399 g/mol. The summed E-state index contributed by atoms with van der Waals surface area (Å²) in [6, 6.07) is 20.8. The number of likely N-dealkylation sites (tertiary alicyclic amines) is 1. The van der Waals surface area contributed by atoms with E-state index in [1.54, 1.807) is 6.07 Å². The molecule has 152 valence electrons. The number of hydrogen-bond donors (Lipinski definition) is 2. The molecule has 1 aromatic heterocycles. The van der Waals surface area contributed by atoms with Gasteiger partial charge in [-0.3, -0.25) is 9.69 Å². The summed E-state index contributed by atoms with van der Waals surface area (Å²) in [5, 5.41) is 6.14. The molecule has 0 atom stereocenters. The van der Waals surface area contributed by atoms with Crippen molar-refractivity contribution in [1.29, 1.82) is 0 Å². The fourth-order valence-electron chi connectivity index (χ4n) is 4.45. The standard InChI is InChI=1S/C25H26N4O/c30-17-19-8-9-23-24(14-19)28-25(27-23)26-15-18-10-12-29(13-11-18)16-21-6-3-5-20-4-1-2-7-22(20)21/h1-9,14,17-18H,10-13,15-16H2,(H2,26,27,28). The van der Waals surface area contributed by atoms with E-state index in [-0.39, 0.29) is 0 Å². The third-order valence-electron chi connectivity index (χ3n) is 6.18. The number of nitrogens with one attached hydrogen (secondary N) is 2. The van der Waals surface area contributed by atoms with Gasteiger partial charge in [0.05, 0.1) is 11.0 Å². The van der Waals surface area contributed by atoms with Gasteiger partial charge in [-0.15, -0.1) is 0 Å². The third kappa shape index (κ3) is 3.94. The van der Waals surface area contributed by atoms with Crippen LogP contribution in [-0.4, -0.2) is 40.8 Å². The molecule has 0 radical (unpaired) electrons. The number of aldehydes is 1. The minimum atomic E-state index is 0.646. The molecule has 0 unspecified atom stereocenters. The molecular weight excluding hydrogens is 372 g/mol. The van der Waals surface area contributed by atoms with Crippen LogP contribution in [0.2, 0.25) is 0 Å². The van der Waals surface area contributed by atoms with Crippen molar-refractivity contribution < 1.29 is 4.79 Å². The zero-order chi connectivity index (χ0) is 20.3. The highest BCUT2D eigenvalue weighted by atomic mass is 16.1. The van der Waals surface area contributed by atoms with Gasteiger partial charge in [-0.2, -0.15) is 0 Å². The van der Waals surface area contributed by atoms with Crippen LogP contribution in [0.5, 0.6) is 0 Å². The monoisotopic (exact) mass is 398 g/mol.